The number of anilines is 2. The zero-order valence-electron chi connectivity index (χ0n) is 11.2. The minimum atomic E-state index is -0.156. The molecule has 0 aliphatic rings. The van der Waals surface area contributed by atoms with Crippen molar-refractivity contribution >= 4 is 56.4 Å². The number of carbonyl (C=O) groups is 1. The highest BCUT2D eigenvalue weighted by atomic mass is 79.9. The van der Waals surface area contributed by atoms with Crippen molar-refractivity contribution in [1.29, 1.82) is 0 Å². The van der Waals surface area contributed by atoms with Crippen molar-refractivity contribution < 1.29 is 4.79 Å². The molecule has 3 nitrogen and oxygen atoms in total. The Kier molecular flexibility index (Phi) is 5.51. The summed E-state index contributed by atoms with van der Waals surface area (Å²) in [5, 5.41) is 6.67. The molecule has 110 valence electrons. The molecule has 2 aromatic carbocycles. The Balaban J connectivity index is 1.97. The summed E-state index contributed by atoms with van der Waals surface area (Å²) < 4.78 is 0.974. The van der Waals surface area contributed by atoms with E-state index in [1.807, 2.05) is 25.1 Å². The number of halogens is 3. The minimum Gasteiger partial charge on any atom is -0.375 e. The van der Waals surface area contributed by atoms with E-state index < -0.39 is 0 Å². The van der Waals surface area contributed by atoms with Gasteiger partial charge in [-0.05, 0) is 42.8 Å². The van der Waals surface area contributed by atoms with Gasteiger partial charge in [-0.15, -0.1) is 0 Å². The third kappa shape index (κ3) is 4.37. The fourth-order valence-corrected chi connectivity index (χ4v) is 2.62. The molecule has 0 aromatic heterocycles. The number of hydrogen-bond donors (Lipinski definition) is 2. The summed E-state index contributed by atoms with van der Waals surface area (Å²) in [5.41, 5.74) is 2.40. The molecule has 0 saturated heterocycles. The Morgan fingerprint density at radius 3 is 2.67 bits per heavy atom. The van der Waals surface area contributed by atoms with Gasteiger partial charge in [-0.3, -0.25) is 4.79 Å². The molecule has 2 rings (SSSR count). The summed E-state index contributed by atoms with van der Waals surface area (Å²) in [6.45, 7) is 2.04. The lowest BCUT2D eigenvalue weighted by atomic mass is 10.2. The predicted molar refractivity (Wildman–Crippen MR) is 92.5 cm³/mol. The van der Waals surface area contributed by atoms with Crippen LogP contribution in [0.15, 0.2) is 40.9 Å². The Morgan fingerprint density at radius 2 is 1.95 bits per heavy atom. The van der Waals surface area contributed by atoms with Crippen LogP contribution >= 0.6 is 39.1 Å². The molecule has 2 aromatic rings. The second-order valence-electron chi connectivity index (χ2n) is 4.46. The van der Waals surface area contributed by atoms with E-state index in [1.54, 1.807) is 18.2 Å². The van der Waals surface area contributed by atoms with Gasteiger partial charge < -0.3 is 10.6 Å². The highest BCUT2D eigenvalue weighted by molar-refractivity contribution is 9.10. The standard InChI is InChI=1S/C15H13BrCl2N2O/c1-9-7-10(16)5-6-12(9)20-14(21)8-19-13-4-2-3-11(17)15(13)18/h2-7,19H,8H2,1H3,(H,20,21). The van der Waals surface area contributed by atoms with Crippen molar-refractivity contribution in [3.8, 4) is 0 Å². The van der Waals surface area contributed by atoms with Crippen LogP contribution in [0.5, 0.6) is 0 Å². The quantitative estimate of drug-likeness (QED) is 0.764. The maximum atomic E-state index is 12.0. The normalized spacial score (nSPS) is 10.3. The summed E-state index contributed by atoms with van der Waals surface area (Å²) in [7, 11) is 0. The molecule has 0 saturated carbocycles. The molecule has 0 fully saturated rings. The summed E-state index contributed by atoms with van der Waals surface area (Å²) in [6, 6.07) is 10.9. The van der Waals surface area contributed by atoms with E-state index in [4.69, 9.17) is 23.2 Å². The van der Waals surface area contributed by atoms with E-state index in [0.717, 1.165) is 15.7 Å². The number of nitrogens with one attached hydrogen (secondary N) is 2. The molecule has 0 atom stereocenters. The molecule has 0 radical (unpaired) electrons. The first-order chi connectivity index (χ1) is 9.97. The molecule has 21 heavy (non-hydrogen) atoms. The van der Waals surface area contributed by atoms with Crippen molar-refractivity contribution in [2.24, 2.45) is 0 Å². The van der Waals surface area contributed by atoms with E-state index in [-0.39, 0.29) is 12.5 Å². The largest absolute Gasteiger partial charge is 0.375 e. The van der Waals surface area contributed by atoms with Gasteiger partial charge in [0.15, 0.2) is 0 Å². The fourth-order valence-electron chi connectivity index (χ4n) is 1.78. The van der Waals surface area contributed by atoms with Gasteiger partial charge in [0.05, 0.1) is 22.3 Å². The second kappa shape index (κ2) is 7.16. The third-order valence-electron chi connectivity index (χ3n) is 2.85. The molecule has 0 bridgehead atoms. The maximum Gasteiger partial charge on any atom is 0.243 e. The van der Waals surface area contributed by atoms with Gasteiger partial charge >= 0.3 is 0 Å². The molecule has 1 amide bonds. The van der Waals surface area contributed by atoms with Gasteiger partial charge in [0.25, 0.3) is 0 Å². The summed E-state index contributed by atoms with van der Waals surface area (Å²) in [4.78, 5) is 12.0. The molecule has 6 heteroatoms. The van der Waals surface area contributed by atoms with Crippen molar-refractivity contribution in [3.63, 3.8) is 0 Å². The van der Waals surface area contributed by atoms with Crippen LogP contribution in [-0.2, 0) is 4.79 Å². The summed E-state index contributed by atoms with van der Waals surface area (Å²) in [5.74, 6) is -0.156. The van der Waals surface area contributed by atoms with Crippen LogP contribution in [-0.4, -0.2) is 12.5 Å². The average Bonchev–Trinajstić information content (AvgIpc) is 2.43. The first-order valence-electron chi connectivity index (χ1n) is 6.21. The summed E-state index contributed by atoms with van der Waals surface area (Å²) >= 11 is 15.4. The van der Waals surface area contributed by atoms with E-state index >= 15 is 0 Å². The van der Waals surface area contributed by atoms with Crippen LogP contribution in [0.3, 0.4) is 0 Å². The number of aryl methyl sites for hydroxylation is 1. The van der Waals surface area contributed by atoms with Crippen LogP contribution in [0.25, 0.3) is 0 Å². The second-order valence-corrected chi connectivity index (χ2v) is 6.16. The Hall–Kier alpha value is -1.23. The Labute approximate surface area is 141 Å². The molecule has 0 aliphatic carbocycles. The number of carbonyl (C=O) groups excluding carboxylic acids is 1. The van der Waals surface area contributed by atoms with Crippen molar-refractivity contribution in [2.75, 3.05) is 17.2 Å². The molecule has 0 spiro atoms. The number of hydrogen-bond acceptors (Lipinski definition) is 2. The zero-order valence-corrected chi connectivity index (χ0v) is 14.3. The van der Waals surface area contributed by atoms with Crippen LogP contribution in [0.4, 0.5) is 11.4 Å². The van der Waals surface area contributed by atoms with Gasteiger partial charge in [0.2, 0.25) is 5.91 Å². The van der Waals surface area contributed by atoms with Gasteiger partial charge in [-0.25, -0.2) is 0 Å². The molecule has 2 N–H and O–H groups in total. The van der Waals surface area contributed by atoms with E-state index in [1.165, 1.54) is 0 Å². The van der Waals surface area contributed by atoms with Crippen LogP contribution in [0.1, 0.15) is 5.56 Å². The van der Waals surface area contributed by atoms with E-state index in [9.17, 15) is 4.79 Å². The predicted octanol–water partition coefficient (Wildman–Crippen LogP) is 5.11. The molecule has 0 heterocycles. The first kappa shape index (κ1) is 16.1. The fraction of sp³-hybridized carbons (Fsp3) is 0.133. The lowest BCUT2D eigenvalue weighted by Gasteiger charge is -2.11. The van der Waals surface area contributed by atoms with Crippen molar-refractivity contribution in [1.82, 2.24) is 0 Å². The molecule has 0 unspecified atom stereocenters. The maximum absolute atomic E-state index is 12.0. The third-order valence-corrected chi connectivity index (χ3v) is 4.17. The Bertz CT molecular complexity index is 677. The van der Waals surface area contributed by atoms with Crippen LogP contribution in [0, 0.1) is 6.92 Å². The molecular formula is C15H13BrCl2N2O. The zero-order chi connectivity index (χ0) is 15.4. The van der Waals surface area contributed by atoms with E-state index in [0.29, 0.717) is 15.7 Å². The monoisotopic (exact) mass is 386 g/mol. The van der Waals surface area contributed by atoms with Gasteiger partial charge in [0.1, 0.15) is 0 Å². The Morgan fingerprint density at radius 1 is 1.19 bits per heavy atom. The molecular weight excluding hydrogens is 375 g/mol. The van der Waals surface area contributed by atoms with Gasteiger partial charge in [0, 0.05) is 10.2 Å². The SMILES string of the molecule is Cc1cc(Br)ccc1NC(=O)CNc1cccc(Cl)c1Cl. The van der Waals surface area contributed by atoms with Gasteiger partial charge in [-0.2, -0.15) is 0 Å². The lowest BCUT2D eigenvalue weighted by Crippen LogP contribution is -2.22. The van der Waals surface area contributed by atoms with Gasteiger partial charge in [-0.1, -0.05) is 45.2 Å². The number of benzene rings is 2. The minimum absolute atomic E-state index is 0.107. The lowest BCUT2D eigenvalue weighted by molar-refractivity contribution is -0.114. The average molecular weight is 388 g/mol. The first-order valence-corrected chi connectivity index (χ1v) is 7.76. The van der Waals surface area contributed by atoms with Crippen molar-refractivity contribution in [2.45, 2.75) is 6.92 Å². The highest BCUT2D eigenvalue weighted by Crippen LogP contribution is 2.29. The van der Waals surface area contributed by atoms with Crippen molar-refractivity contribution in [3.05, 3.63) is 56.5 Å². The highest BCUT2D eigenvalue weighted by Gasteiger charge is 2.08. The topological polar surface area (TPSA) is 41.1 Å². The van der Waals surface area contributed by atoms with E-state index in [2.05, 4.69) is 26.6 Å². The smallest absolute Gasteiger partial charge is 0.243 e. The van der Waals surface area contributed by atoms with Crippen LogP contribution < -0.4 is 10.6 Å². The number of amides is 1. The van der Waals surface area contributed by atoms with Crippen LogP contribution in [0.2, 0.25) is 10.0 Å². The summed E-state index contributed by atoms with van der Waals surface area (Å²) in [6.07, 6.45) is 0. The molecule has 0 aliphatic heterocycles. The number of rotatable bonds is 4.